The highest BCUT2D eigenvalue weighted by molar-refractivity contribution is 6.18. The first kappa shape index (κ1) is 29.0. The van der Waals surface area contributed by atoms with Gasteiger partial charge in [-0.1, -0.05) is 13.8 Å². The number of anilines is 1. The Morgan fingerprint density at radius 3 is 2.26 bits per heavy atom. The first-order valence-corrected chi connectivity index (χ1v) is 16.2. The lowest BCUT2D eigenvalue weighted by Crippen LogP contribution is -2.56. The van der Waals surface area contributed by atoms with Gasteiger partial charge in [0.05, 0.1) is 5.56 Å². The minimum atomic E-state index is -0.205. The van der Waals surface area contributed by atoms with Gasteiger partial charge in [-0.25, -0.2) is 4.79 Å². The van der Waals surface area contributed by atoms with Gasteiger partial charge < -0.3 is 15.0 Å². The number of benzene rings is 1. The summed E-state index contributed by atoms with van der Waals surface area (Å²) in [6.07, 6.45) is 10.5. The van der Waals surface area contributed by atoms with Crippen molar-refractivity contribution in [1.29, 1.82) is 0 Å². The number of halogens is 2. The standard InChI is InChI=1S/C32H46Cl2N2O3/c1-21(37)35-24-12-14-31(2)23(20-24)6-9-26-27-10-11-29(32(27,3)15-13-28(26)31)39-30(38)22-4-7-25(8-5-22)36(18-16-33)19-17-34/h4-5,7-8,23-24,26-29H,6,9-20H2,1-3H3,(H,35,37)/t23-,24+,26-,27-,28-,29-,31-,32-/m0/s1. The fourth-order valence-corrected chi connectivity index (χ4v) is 9.81. The summed E-state index contributed by atoms with van der Waals surface area (Å²) in [5.41, 5.74) is 2.07. The molecule has 4 aliphatic rings. The molecule has 0 aliphatic heterocycles. The van der Waals surface area contributed by atoms with Crippen LogP contribution in [0.3, 0.4) is 0 Å². The third kappa shape index (κ3) is 5.56. The quantitative estimate of drug-likeness (QED) is 0.266. The average Bonchev–Trinajstić information content (AvgIpc) is 3.24. The van der Waals surface area contributed by atoms with Gasteiger partial charge in [0.25, 0.3) is 0 Å². The second-order valence-electron chi connectivity index (χ2n) is 13.3. The Balaban J connectivity index is 1.24. The second kappa shape index (κ2) is 11.8. The van der Waals surface area contributed by atoms with Gasteiger partial charge in [0.2, 0.25) is 5.91 Å². The minimum Gasteiger partial charge on any atom is -0.458 e. The van der Waals surface area contributed by atoms with Crippen molar-refractivity contribution in [2.75, 3.05) is 29.7 Å². The van der Waals surface area contributed by atoms with Crippen molar-refractivity contribution in [3.8, 4) is 0 Å². The highest BCUT2D eigenvalue weighted by Crippen LogP contribution is 2.66. The Labute approximate surface area is 244 Å². The number of rotatable bonds is 8. The predicted octanol–water partition coefficient (Wildman–Crippen LogP) is 7.04. The Bertz CT molecular complexity index is 1030. The lowest BCUT2D eigenvalue weighted by atomic mass is 9.45. The fourth-order valence-electron chi connectivity index (χ4n) is 9.40. The molecule has 5 nitrogen and oxygen atoms in total. The van der Waals surface area contributed by atoms with E-state index in [1.165, 1.54) is 25.7 Å². The van der Waals surface area contributed by atoms with Crippen LogP contribution in [0.15, 0.2) is 24.3 Å². The molecule has 0 aromatic heterocycles. The molecule has 1 aromatic carbocycles. The van der Waals surface area contributed by atoms with E-state index >= 15 is 0 Å². The van der Waals surface area contributed by atoms with Crippen LogP contribution in [0, 0.1) is 34.5 Å². The summed E-state index contributed by atoms with van der Waals surface area (Å²) in [5.74, 6) is 3.76. The average molecular weight is 578 g/mol. The fraction of sp³-hybridized carbons (Fsp3) is 0.750. The van der Waals surface area contributed by atoms with Crippen molar-refractivity contribution >= 4 is 40.8 Å². The number of nitrogens with zero attached hydrogens (tertiary/aromatic N) is 1. The molecule has 1 N–H and O–H groups in total. The zero-order valence-electron chi connectivity index (χ0n) is 23.9. The molecule has 4 saturated carbocycles. The van der Waals surface area contributed by atoms with Crippen molar-refractivity contribution in [2.45, 2.75) is 90.7 Å². The lowest BCUT2D eigenvalue weighted by Gasteiger charge is -2.61. The molecule has 0 unspecified atom stereocenters. The summed E-state index contributed by atoms with van der Waals surface area (Å²) in [6, 6.07) is 8.04. The maximum atomic E-state index is 13.3. The van der Waals surface area contributed by atoms with Crippen LogP contribution >= 0.6 is 23.2 Å². The molecule has 0 radical (unpaired) electrons. The topological polar surface area (TPSA) is 58.6 Å². The van der Waals surface area contributed by atoms with E-state index in [2.05, 4.69) is 24.1 Å². The Kier molecular flexibility index (Phi) is 8.79. The third-order valence-corrected chi connectivity index (χ3v) is 11.8. The normalized spacial score (nSPS) is 37.3. The number of amides is 1. The number of nitrogens with one attached hydrogen (secondary N) is 1. The van der Waals surface area contributed by atoms with Gasteiger partial charge in [0, 0.05) is 48.9 Å². The molecule has 0 heterocycles. The number of hydrogen-bond donors (Lipinski definition) is 1. The summed E-state index contributed by atoms with van der Waals surface area (Å²) in [4.78, 5) is 27.1. The summed E-state index contributed by atoms with van der Waals surface area (Å²) in [5, 5.41) is 3.20. The number of carbonyl (C=O) groups excluding carboxylic acids is 2. The molecule has 4 aliphatic carbocycles. The zero-order valence-corrected chi connectivity index (χ0v) is 25.4. The maximum absolute atomic E-state index is 13.3. The van der Waals surface area contributed by atoms with Gasteiger partial charge in [-0.3, -0.25) is 4.79 Å². The molecule has 0 bridgehead atoms. The number of hydrogen-bond acceptors (Lipinski definition) is 4. The van der Waals surface area contributed by atoms with Gasteiger partial charge in [0.15, 0.2) is 0 Å². The Morgan fingerprint density at radius 1 is 0.923 bits per heavy atom. The molecule has 5 rings (SSSR count). The van der Waals surface area contributed by atoms with Crippen LogP contribution < -0.4 is 10.2 Å². The van der Waals surface area contributed by atoms with Crippen LogP contribution in [-0.2, 0) is 9.53 Å². The van der Waals surface area contributed by atoms with Crippen molar-refractivity contribution in [2.24, 2.45) is 34.5 Å². The largest absolute Gasteiger partial charge is 0.458 e. The molecule has 0 saturated heterocycles. The number of alkyl halides is 2. The smallest absolute Gasteiger partial charge is 0.338 e. The van der Waals surface area contributed by atoms with E-state index in [0.717, 1.165) is 62.7 Å². The highest BCUT2D eigenvalue weighted by atomic mass is 35.5. The number of fused-ring (bicyclic) bond motifs is 5. The Hall–Kier alpha value is -1.46. The molecule has 7 heteroatoms. The summed E-state index contributed by atoms with van der Waals surface area (Å²) in [6.45, 7) is 8.04. The van der Waals surface area contributed by atoms with Gasteiger partial charge in [-0.2, -0.15) is 0 Å². The van der Waals surface area contributed by atoms with Crippen LogP contribution in [-0.4, -0.2) is 48.9 Å². The van der Waals surface area contributed by atoms with E-state index in [1.807, 2.05) is 24.3 Å². The minimum absolute atomic E-state index is 0.0133. The van der Waals surface area contributed by atoms with Gasteiger partial charge >= 0.3 is 5.97 Å². The highest BCUT2D eigenvalue weighted by Gasteiger charge is 2.61. The van der Waals surface area contributed by atoms with Gasteiger partial charge in [0.1, 0.15) is 6.10 Å². The summed E-state index contributed by atoms with van der Waals surface area (Å²) >= 11 is 11.9. The maximum Gasteiger partial charge on any atom is 0.338 e. The summed E-state index contributed by atoms with van der Waals surface area (Å²) < 4.78 is 6.29. The van der Waals surface area contributed by atoms with Crippen molar-refractivity contribution < 1.29 is 14.3 Å². The van der Waals surface area contributed by atoms with E-state index in [4.69, 9.17) is 27.9 Å². The zero-order chi connectivity index (χ0) is 27.8. The van der Waals surface area contributed by atoms with Gasteiger partial charge in [-0.15, -0.1) is 23.2 Å². The van der Waals surface area contributed by atoms with Crippen LogP contribution in [0.25, 0.3) is 0 Å². The molecule has 8 atom stereocenters. The molecule has 1 amide bonds. The SMILES string of the molecule is CC(=O)N[C@@H]1CC[C@@]2(C)[C@@H](CC[C@@H]3[C@@H]2CC[C@]2(C)[C@@H](OC(=O)c4ccc(N(CCCl)CCCl)cc4)CC[C@@H]32)C1. The molecular formula is C32H46Cl2N2O3. The molecule has 1 aromatic rings. The molecule has 4 fully saturated rings. The number of esters is 1. The van der Waals surface area contributed by atoms with E-state index in [1.54, 1.807) is 6.92 Å². The second-order valence-corrected chi connectivity index (χ2v) is 14.0. The molecule has 0 spiro atoms. The van der Waals surface area contributed by atoms with E-state index in [-0.39, 0.29) is 23.4 Å². The molecule has 216 valence electrons. The summed E-state index contributed by atoms with van der Waals surface area (Å²) in [7, 11) is 0. The van der Waals surface area contributed by atoms with Crippen LogP contribution in [0.5, 0.6) is 0 Å². The van der Waals surface area contributed by atoms with Crippen molar-refractivity contribution in [3.63, 3.8) is 0 Å². The van der Waals surface area contributed by atoms with Crippen molar-refractivity contribution in [1.82, 2.24) is 5.32 Å². The van der Waals surface area contributed by atoms with Crippen LogP contribution in [0.2, 0.25) is 0 Å². The van der Waals surface area contributed by atoms with E-state index in [0.29, 0.717) is 40.6 Å². The van der Waals surface area contributed by atoms with Crippen LogP contribution in [0.1, 0.15) is 88.9 Å². The monoisotopic (exact) mass is 576 g/mol. The van der Waals surface area contributed by atoms with Crippen molar-refractivity contribution in [3.05, 3.63) is 29.8 Å². The number of carbonyl (C=O) groups is 2. The third-order valence-electron chi connectivity index (χ3n) is 11.4. The Morgan fingerprint density at radius 2 is 1.59 bits per heavy atom. The van der Waals surface area contributed by atoms with Gasteiger partial charge in [-0.05, 0) is 111 Å². The first-order chi connectivity index (χ1) is 18.7. The van der Waals surface area contributed by atoms with E-state index in [9.17, 15) is 9.59 Å². The molecule has 39 heavy (non-hydrogen) atoms. The van der Waals surface area contributed by atoms with Crippen LogP contribution in [0.4, 0.5) is 5.69 Å². The van der Waals surface area contributed by atoms with E-state index < -0.39 is 0 Å². The predicted molar refractivity (Wildman–Crippen MR) is 159 cm³/mol. The molecular weight excluding hydrogens is 531 g/mol. The number of ether oxygens (including phenoxy) is 1. The first-order valence-electron chi connectivity index (χ1n) is 15.1. The lowest BCUT2D eigenvalue weighted by molar-refractivity contribution is -0.129.